The quantitative estimate of drug-likeness (QED) is 0.502. The van der Waals surface area contributed by atoms with Crippen LogP contribution in [-0.4, -0.2) is 46.5 Å². The first-order chi connectivity index (χ1) is 11.5. The van der Waals surface area contributed by atoms with Gasteiger partial charge in [-0.25, -0.2) is 0 Å². The van der Waals surface area contributed by atoms with Crippen LogP contribution >= 0.6 is 0 Å². The van der Waals surface area contributed by atoms with Crippen LogP contribution in [0, 0.1) is 5.92 Å². The molecule has 0 atom stereocenters. The Morgan fingerprint density at radius 1 is 0.917 bits per heavy atom. The van der Waals surface area contributed by atoms with Crippen molar-refractivity contribution in [3.8, 4) is 17.2 Å². The van der Waals surface area contributed by atoms with Crippen LogP contribution < -0.4 is 14.2 Å². The lowest BCUT2D eigenvalue weighted by Crippen LogP contribution is -2.30. The second kappa shape index (κ2) is 9.64. The lowest BCUT2D eigenvalue weighted by Gasteiger charge is -2.18. The number of ether oxygens (including phenoxy) is 5. The molecule has 1 aromatic carbocycles. The molecule has 0 aliphatic carbocycles. The minimum Gasteiger partial charge on any atom is -0.497 e. The van der Waals surface area contributed by atoms with Gasteiger partial charge < -0.3 is 23.7 Å². The van der Waals surface area contributed by atoms with E-state index in [2.05, 4.69) is 0 Å². The third kappa shape index (κ3) is 4.78. The van der Waals surface area contributed by atoms with E-state index in [9.17, 15) is 9.59 Å². The van der Waals surface area contributed by atoms with Crippen molar-refractivity contribution >= 4 is 11.9 Å². The van der Waals surface area contributed by atoms with Gasteiger partial charge in [-0.15, -0.1) is 0 Å². The van der Waals surface area contributed by atoms with E-state index in [4.69, 9.17) is 23.7 Å². The van der Waals surface area contributed by atoms with E-state index in [1.807, 2.05) is 0 Å². The fourth-order valence-electron chi connectivity index (χ4n) is 2.25. The van der Waals surface area contributed by atoms with Crippen molar-refractivity contribution in [2.75, 3.05) is 34.5 Å². The number of hydrogen-bond acceptors (Lipinski definition) is 7. The van der Waals surface area contributed by atoms with Gasteiger partial charge in [0.2, 0.25) is 0 Å². The summed E-state index contributed by atoms with van der Waals surface area (Å²) in [5.41, 5.74) is 0.583. The number of rotatable bonds is 9. The van der Waals surface area contributed by atoms with Crippen molar-refractivity contribution in [2.24, 2.45) is 5.92 Å². The Hall–Kier alpha value is -2.44. The molecule has 0 saturated carbocycles. The summed E-state index contributed by atoms with van der Waals surface area (Å²) in [7, 11) is 4.49. The first kappa shape index (κ1) is 19.6. The minimum absolute atomic E-state index is 0.0500. The molecule has 24 heavy (non-hydrogen) atoms. The molecule has 7 heteroatoms. The molecule has 0 aliphatic rings. The maximum Gasteiger partial charge on any atom is 0.320 e. The molecule has 0 unspecified atom stereocenters. The highest BCUT2D eigenvalue weighted by molar-refractivity contribution is 5.95. The van der Waals surface area contributed by atoms with Crippen LogP contribution in [0.15, 0.2) is 12.1 Å². The molecule has 0 saturated heterocycles. The summed E-state index contributed by atoms with van der Waals surface area (Å²) in [5.74, 6) is -0.973. The number of esters is 2. The van der Waals surface area contributed by atoms with Crippen molar-refractivity contribution in [2.45, 2.75) is 20.3 Å². The Bertz CT molecular complexity index is 550. The van der Waals surface area contributed by atoms with E-state index in [-0.39, 0.29) is 19.6 Å². The van der Waals surface area contributed by atoms with Gasteiger partial charge in [0, 0.05) is 18.1 Å². The van der Waals surface area contributed by atoms with Gasteiger partial charge in [-0.1, -0.05) is 0 Å². The molecule has 0 aliphatic heterocycles. The van der Waals surface area contributed by atoms with Gasteiger partial charge >= 0.3 is 11.9 Å². The molecule has 7 nitrogen and oxygen atoms in total. The molecule has 0 aromatic heterocycles. The summed E-state index contributed by atoms with van der Waals surface area (Å²) in [4.78, 5) is 24.3. The van der Waals surface area contributed by atoms with Crippen molar-refractivity contribution in [1.29, 1.82) is 0 Å². The number of methoxy groups -OCH3 is 3. The summed E-state index contributed by atoms with van der Waals surface area (Å²) in [6.45, 7) is 3.70. The van der Waals surface area contributed by atoms with Gasteiger partial charge in [-0.05, 0) is 19.9 Å². The molecule has 134 valence electrons. The van der Waals surface area contributed by atoms with Crippen molar-refractivity contribution in [3.05, 3.63) is 17.7 Å². The average molecular weight is 340 g/mol. The van der Waals surface area contributed by atoms with Crippen LogP contribution in [0.2, 0.25) is 0 Å². The van der Waals surface area contributed by atoms with Crippen LogP contribution in [0.25, 0.3) is 0 Å². The standard InChI is InChI=1S/C17H24O7/c1-6-23-16(18)13(17(19)24-7-2)9-11-8-12(20-3)10-14(21-4)15(11)22-5/h8,10,13H,6-7,9H2,1-5H3. The average Bonchev–Trinajstić information content (AvgIpc) is 2.58. The highest BCUT2D eigenvalue weighted by atomic mass is 16.6. The van der Waals surface area contributed by atoms with E-state index in [0.29, 0.717) is 22.8 Å². The Kier molecular flexibility index (Phi) is 7.88. The van der Waals surface area contributed by atoms with E-state index in [0.717, 1.165) is 0 Å². The lowest BCUT2D eigenvalue weighted by molar-refractivity contribution is -0.161. The van der Waals surface area contributed by atoms with E-state index in [1.165, 1.54) is 21.3 Å². The second-order valence-electron chi connectivity index (χ2n) is 4.78. The molecule has 0 radical (unpaired) electrons. The van der Waals surface area contributed by atoms with Crippen LogP contribution in [0.5, 0.6) is 17.2 Å². The third-order valence-electron chi connectivity index (χ3n) is 3.33. The van der Waals surface area contributed by atoms with Gasteiger partial charge in [-0.3, -0.25) is 9.59 Å². The number of carbonyl (C=O) groups is 2. The normalized spacial score (nSPS) is 10.2. The smallest absolute Gasteiger partial charge is 0.320 e. The number of benzene rings is 1. The Labute approximate surface area is 141 Å². The van der Waals surface area contributed by atoms with Crippen LogP contribution in [0.1, 0.15) is 19.4 Å². The first-order valence-electron chi connectivity index (χ1n) is 7.64. The van der Waals surface area contributed by atoms with E-state index >= 15 is 0 Å². The van der Waals surface area contributed by atoms with Gasteiger partial charge in [0.1, 0.15) is 5.75 Å². The SMILES string of the molecule is CCOC(=O)C(Cc1cc(OC)cc(OC)c1OC)C(=O)OCC. The minimum atomic E-state index is -1.09. The predicted molar refractivity (Wildman–Crippen MR) is 86.6 cm³/mol. The van der Waals surface area contributed by atoms with Crippen LogP contribution in [0.3, 0.4) is 0 Å². The van der Waals surface area contributed by atoms with Crippen LogP contribution in [-0.2, 0) is 25.5 Å². The topological polar surface area (TPSA) is 80.3 Å². The zero-order chi connectivity index (χ0) is 18.1. The zero-order valence-electron chi connectivity index (χ0n) is 14.7. The fraction of sp³-hybridized carbons (Fsp3) is 0.529. The second-order valence-corrected chi connectivity index (χ2v) is 4.78. The number of carbonyl (C=O) groups excluding carboxylic acids is 2. The van der Waals surface area contributed by atoms with Gasteiger partial charge in [0.25, 0.3) is 0 Å². The molecule has 0 heterocycles. The van der Waals surface area contributed by atoms with Crippen molar-refractivity contribution in [3.63, 3.8) is 0 Å². The Morgan fingerprint density at radius 3 is 1.92 bits per heavy atom. The predicted octanol–water partition coefficient (Wildman–Crippen LogP) is 2.00. The largest absolute Gasteiger partial charge is 0.497 e. The lowest BCUT2D eigenvalue weighted by atomic mass is 9.98. The van der Waals surface area contributed by atoms with Gasteiger partial charge in [-0.2, -0.15) is 0 Å². The summed E-state index contributed by atoms with van der Waals surface area (Å²) < 4.78 is 25.8. The van der Waals surface area contributed by atoms with E-state index in [1.54, 1.807) is 26.0 Å². The summed E-state index contributed by atoms with van der Waals surface area (Å²) in [5, 5.41) is 0. The first-order valence-corrected chi connectivity index (χ1v) is 7.64. The van der Waals surface area contributed by atoms with Crippen LogP contribution in [0.4, 0.5) is 0 Å². The number of hydrogen-bond donors (Lipinski definition) is 0. The monoisotopic (exact) mass is 340 g/mol. The zero-order valence-corrected chi connectivity index (χ0v) is 14.7. The maximum atomic E-state index is 12.1. The van der Waals surface area contributed by atoms with Crippen molar-refractivity contribution in [1.82, 2.24) is 0 Å². The molecule has 1 aromatic rings. The molecule has 0 amide bonds. The molecule has 0 spiro atoms. The Morgan fingerprint density at radius 2 is 1.50 bits per heavy atom. The summed E-state index contributed by atoms with van der Waals surface area (Å²) in [6, 6.07) is 3.35. The molecule has 0 fully saturated rings. The summed E-state index contributed by atoms with van der Waals surface area (Å²) >= 11 is 0. The maximum absolute atomic E-state index is 12.1. The molecular weight excluding hydrogens is 316 g/mol. The molecule has 0 bridgehead atoms. The van der Waals surface area contributed by atoms with Crippen molar-refractivity contribution < 1.29 is 33.3 Å². The fourth-order valence-corrected chi connectivity index (χ4v) is 2.25. The highest BCUT2D eigenvalue weighted by Crippen LogP contribution is 2.37. The summed E-state index contributed by atoms with van der Waals surface area (Å²) in [6.07, 6.45) is 0.0500. The van der Waals surface area contributed by atoms with Gasteiger partial charge in [0.05, 0.1) is 34.5 Å². The van der Waals surface area contributed by atoms with E-state index < -0.39 is 17.9 Å². The highest BCUT2D eigenvalue weighted by Gasteiger charge is 2.31. The third-order valence-corrected chi connectivity index (χ3v) is 3.33. The van der Waals surface area contributed by atoms with Gasteiger partial charge in [0.15, 0.2) is 17.4 Å². The Balaban J connectivity index is 3.24. The molecule has 1 rings (SSSR count). The molecular formula is C17H24O7. The molecule has 0 N–H and O–H groups in total.